The lowest BCUT2D eigenvalue weighted by molar-refractivity contribution is 0.575. The summed E-state index contributed by atoms with van der Waals surface area (Å²) in [5.41, 5.74) is 6.39. The van der Waals surface area contributed by atoms with Crippen LogP contribution < -0.4 is 10.6 Å². The first-order chi connectivity index (χ1) is 6.75. The third-order valence-corrected chi connectivity index (χ3v) is 2.24. The SMILES string of the molecule is Nc1ccc(N2CCC=C(F)C2)cn1. The minimum atomic E-state index is -0.0759. The smallest absolute Gasteiger partial charge is 0.123 e. The maximum absolute atomic E-state index is 13.0. The van der Waals surface area contributed by atoms with E-state index in [9.17, 15) is 4.39 Å². The quantitative estimate of drug-likeness (QED) is 0.738. The van der Waals surface area contributed by atoms with E-state index in [1.54, 1.807) is 18.3 Å². The Morgan fingerprint density at radius 1 is 1.43 bits per heavy atom. The van der Waals surface area contributed by atoms with E-state index in [-0.39, 0.29) is 5.83 Å². The lowest BCUT2D eigenvalue weighted by atomic mass is 10.2. The number of nitrogen functional groups attached to an aromatic ring is 1. The van der Waals surface area contributed by atoms with E-state index < -0.39 is 0 Å². The topological polar surface area (TPSA) is 42.1 Å². The fourth-order valence-corrected chi connectivity index (χ4v) is 1.51. The van der Waals surface area contributed by atoms with Crippen molar-refractivity contribution in [1.29, 1.82) is 0 Å². The van der Waals surface area contributed by atoms with Gasteiger partial charge in [0.05, 0.1) is 18.4 Å². The van der Waals surface area contributed by atoms with E-state index in [1.807, 2.05) is 11.0 Å². The Labute approximate surface area is 82.0 Å². The highest BCUT2D eigenvalue weighted by molar-refractivity contribution is 5.49. The molecule has 1 aliphatic heterocycles. The molecule has 1 aromatic heterocycles. The number of aromatic nitrogens is 1. The van der Waals surface area contributed by atoms with Crippen molar-refractivity contribution >= 4 is 11.5 Å². The van der Waals surface area contributed by atoms with Crippen LogP contribution in [0.25, 0.3) is 0 Å². The maximum Gasteiger partial charge on any atom is 0.123 e. The number of anilines is 2. The Balaban J connectivity index is 2.16. The van der Waals surface area contributed by atoms with Crippen LogP contribution in [0.3, 0.4) is 0 Å². The molecule has 0 bridgehead atoms. The van der Waals surface area contributed by atoms with Crippen molar-refractivity contribution in [2.75, 3.05) is 23.7 Å². The molecule has 0 fully saturated rings. The second kappa shape index (κ2) is 3.65. The van der Waals surface area contributed by atoms with Gasteiger partial charge in [-0.3, -0.25) is 0 Å². The molecule has 2 rings (SSSR count). The van der Waals surface area contributed by atoms with Gasteiger partial charge in [0.1, 0.15) is 11.6 Å². The van der Waals surface area contributed by atoms with Crippen molar-refractivity contribution in [2.24, 2.45) is 0 Å². The third kappa shape index (κ3) is 1.84. The molecule has 74 valence electrons. The van der Waals surface area contributed by atoms with Crippen LogP contribution in [-0.4, -0.2) is 18.1 Å². The molecular formula is C10H12FN3. The second-order valence-electron chi connectivity index (χ2n) is 3.30. The molecule has 0 atom stereocenters. The minimum Gasteiger partial charge on any atom is -0.384 e. The molecule has 2 N–H and O–H groups in total. The molecule has 3 nitrogen and oxygen atoms in total. The van der Waals surface area contributed by atoms with E-state index in [1.165, 1.54) is 0 Å². The van der Waals surface area contributed by atoms with Crippen LogP contribution in [0.5, 0.6) is 0 Å². The molecular weight excluding hydrogens is 181 g/mol. The van der Waals surface area contributed by atoms with E-state index in [2.05, 4.69) is 4.98 Å². The summed E-state index contributed by atoms with van der Waals surface area (Å²) in [7, 11) is 0. The first-order valence-electron chi connectivity index (χ1n) is 4.57. The first-order valence-corrected chi connectivity index (χ1v) is 4.57. The van der Waals surface area contributed by atoms with E-state index in [0.29, 0.717) is 12.4 Å². The van der Waals surface area contributed by atoms with Crippen LogP contribution in [0.4, 0.5) is 15.9 Å². The minimum absolute atomic E-state index is 0.0759. The van der Waals surface area contributed by atoms with Crippen molar-refractivity contribution in [2.45, 2.75) is 6.42 Å². The van der Waals surface area contributed by atoms with Crippen LogP contribution in [-0.2, 0) is 0 Å². The monoisotopic (exact) mass is 193 g/mol. The zero-order chi connectivity index (χ0) is 9.97. The predicted octanol–water partition coefficient (Wildman–Crippen LogP) is 1.73. The van der Waals surface area contributed by atoms with E-state index in [4.69, 9.17) is 5.73 Å². The van der Waals surface area contributed by atoms with E-state index in [0.717, 1.165) is 18.7 Å². The Morgan fingerprint density at radius 2 is 2.29 bits per heavy atom. The molecule has 4 heteroatoms. The fourth-order valence-electron chi connectivity index (χ4n) is 1.51. The van der Waals surface area contributed by atoms with Gasteiger partial charge in [-0.25, -0.2) is 9.37 Å². The summed E-state index contributed by atoms with van der Waals surface area (Å²) in [5, 5.41) is 0. The number of nitrogens with zero attached hydrogens (tertiary/aromatic N) is 2. The Kier molecular flexibility index (Phi) is 2.35. The predicted molar refractivity (Wildman–Crippen MR) is 54.7 cm³/mol. The summed E-state index contributed by atoms with van der Waals surface area (Å²) in [5.74, 6) is 0.412. The number of hydrogen-bond acceptors (Lipinski definition) is 3. The largest absolute Gasteiger partial charge is 0.384 e. The molecule has 1 aliphatic rings. The van der Waals surface area contributed by atoms with Gasteiger partial charge in [0, 0.05) is 6.54 Å². The molecule has 0 amide bonds. The van der Waals surface area contributed by atoms with Crippen LogP contribution in [0, 0.1) is 0 Å². The zero-order valence-corrected chi connectivity index (χ0v) is 7.78. The second-order valence-corrected chi connectivity index (χ2v) is 3.30. The molecule has 0 aliphatic carbocycles. The van der Waals surface area contributed by atoms with Crippen molar-refractivity contribution in [3.63, 3.8) is 0 Å². The molecule has 0 aromatic carbocycles. The molecule has 0 unspecified atom stereocenters. The van der Waals surface area contributed by atoms with Crippen molar-refractivity contribution in [3.05, 3.63) is 30.2 Å². The Hall–Kier alpha value is -1.58. The van der Waals surface area contributed by atoms with Gasteiger partial charge in [0.2, 0.25) is 0 Å². The lowest BCUT2D eigenvalue weighted by Gasteiger charge is -2.26. The lowest BCUT2D eigenvalue weighted by Crippen LogP contribution is -2.28. The van der Waals surface area contributed by atoms with Gasteiger partial charge in [-0.05, 0) is 24.6 Å². The summed E-state index contributed by atoms with van der Waals surface area (Å²) in [4.78, 5) is 5.92. The number of nitrogens with two attached hydrogens (primary N) is 1. The summed E-state index contributed by atoms with van der Waals surface area (Å²) in [6, 6.07) is 3.59. The zero-order valence-electron chi connectivity index (χ0n) is 7.78. The van der Waals surface area contributed by atoms with Crippen molar-refractivity contribution in [1.82, 2.24) is 4.98 Å². The number of hydrogen-bond donors (Lipinski definition) is 1. The summed E-state index contributed by atoms with van der Waals surface area (Å²) >= 11 is 0. The number of pyridine rings is 1. The third-order valence-electron chi connectivity index (χ3n) is 2.24. The van der Waals surface area contributed by atoms with Crippen LogP contribution in [0.15, 0.2) is 30.2 Å². The van der Waals surface area contributed by atoms with Crippen LogP contribution >= 0.6 is 0 Å². The van der Waals surface area contributed by atoms with Crippen molar-refractivity contribution in [3.8, 4) is 0 Å². The van der Waals surface area contributed by atoms with Gasteiger partial charge in [0.15, 0.2) is 0 Å². The number of rotatable bonds is 1. The maximum atomic E-state index is 13.0. The Morgan fingerprint density at radius 3 is 2.93 bits per heavy atom. The standard InChI is InChI=1S/C10H12FN3/c11-8-2-1-5-14(7-8)9-3-4-10(12)13-6-9/h2-4,6H,1,5,7H2,(H2,12,13). The average Bonchev–Trinajstić information content (AvgIpc) is 2.19. The van der Waals surface area contributed by atoms with Gasteiger partial charge < -0.3 is 10.6 Å². The highest BCUT2D eigenvalue weighted by Crippen LogP contribution is 2.19. The molecule has 0 saturated carbocycles. The molecule has 0 spiro atoms. The van der Waals surface area contributed by atoms with Crippen molar-refractivity contribution < 1.29 is 4.39 Å². The fraction of sp³-hybridized carbons (Fsp3) is 0.300. The van der Waals surface area contributed by atoms with Gasteiger partial charge in [0.25, 0.3) is 0 Å². The van der Waals surface area contributed by atoms with Gasteiger partial charge in [-0.1, -0.05) is 0 Å². The summed E-state index contributed by atoms with van der Waals surface area (Å²) in [6.07, 6.45) is 4.05. The highest BCUT2D eigenvalue weighted by atomic mass is 19.1. The van der Waals surface area contributed by atoms with Gasteiger partial charge in [-0.15, -0.1) is 0 Å². The normalized spacial score (nSPS) is 16.6. The molecule has 0 saturated heterocycles. The molecule has 1 aromatic rings. The van der Waals surface area contributed by atoms with Gasteiger partial charge in [-0.2, -0.15) is 0 Å². The highest BCUT2D eigenvalue weighted by Gasteiger charge is 2.12. The first kappa shape index (κ1) is 8.99. The van der Waals surface area contributed by atoms with Gasteiger partial charge >= 0.3 is 0 Å². The molecule has 0 radical (unpaired) electrons. The summed E-state index contributed by atoms with van der Waals surface area (Å²) < 4.78 is 13.0. The van der Waals surface area contributed by atoms with E-state index >= 15 is 0 Å². The molecule has 14 heavy (non-hydrogen) atoms. The van der Waals surface area contributed by atoms with Crippen LogP contribution in [0.2, 0.25) is 0 Å². The average molecular weight is 193 g/mol. The van der Waals surface area contributed by atoms with Crippen LogP contribution in [0.1, 0.15) is 6.42 Å². The Bertz CT molecular complexity index is 345. The number of halogens is 1. The summed E-state index contributed by atoms with van der Waals surface area (Å²) in [6.45, 7) is 1.17. The molecule has 2 heterocycles.